The van der Waals surface area contributed by atoms with Crippen LogP contribution in [0.1, 0.15) is 37.8 Å². The molecule has 1 unspecified atom stereocenters. The number of hydrogen-bond donors (Lipinski definition) is 1. The quantitative estimate of drug-likeness (QED) is 0.759. The van der Waals surface area contributed by atoms with Crippen molar-refractivity contribution in [2.24, 2.45) is 5.73 Å². The molecule has 0 saturated heterocycles. The molecule has 0 heterocycles. The molecule has 0 saturated carbocycles. The van der Waals surface area contributed by atoms with Crippen LogP contribution in [0.3, 0.4) is 0 Å². The van der Waals surface area contributed by atoms with Crippen molar-refractivity contribution in [2.45, 2.75) is 32.2 Å². The molecule has 1 aromatic carbocycles. The summed E-state index contributed by atoms with van der Waals surface area (Å²) in [6, 6.07) is 9.92. The highest BCUT2D eigenvalue weighted by Crippen LogP contribution is 2.16. The summed E-state index contributed by atoms with van der Waals surface area (Å²) in [4.78, 5) is 16.4. The topological polar surface area (TPSA) is 49.6 Å². The van der Waals surface area contributed by atoms with E-state index in [-0.39, 0.29) is 11.9 Å². The molecule has 0 spiro atoms. The highest BCUT2D eigenvalue weighted by atomic mass is 16.2. The van der Waals surface area contributed by atoms with Gasteiger partial charge in [0, 0.05) is 32.1 Å². The van der Waals surface area contributed by atoms with Crippen LogP contribution < -0.4 is 5.73 Å². The summed E-state index contributed by atoms with van der Waals surface area (Å²) in [5.74, 6) is 0.213. The van der Waals surface area contributed by atoms with Crippen LogP contribution in [0.15, 0.2) is 30.3 Å². The van der Waals surface area contributed by atoms with E-state index in [2.05, 4.69) is 11.8 Å². The number of hydrogen-bond acceptors (Lipinski definition) is 3. The molecule has 1 atom stereocenters. The Kier molecular flexibility index (Phi) is 8.01. The number of nitrogens with zero attached hydrogens (tertiary/aromatic N) is 2. The molecule has 4 heteroatoms. The Balaban J connectivity index is 2.45. The van der Waals surface area contributed by atoms with Gasteiger partial charge in [-0.3, -0.25) is 4.79 Å². The van der Waals surface area contributed by atoms with E-state index in [1.165, 1.54) is 0 Å². The van der Waals surface area contributed by atoms with Gasteiger partial charge in [0.2, 0.25) is 5.91 Å². The predicted octanol–water partition coefficient (Wildman–Crippen LogP) is 2.27. The standard InChI is InChI=1S/C17H29N3O/c1-4-12-20(14-13-19(2)3)17(21)11-10-16(18)15-8-6-5-7-9-15/h5-9,16H,4,10-14,18H2,1-3H3. The molecule has 0 fully saturated rings. The van der Waals surface area contributed by atoms with Crippen LogP contribution in [0, 0.1) is 0 Å². The minimum atomic E-state index is -0.0625. The van der Waals surface area contributed by atoms with Gasteiger partial charge in [-0.15, -0.1) is 0 Å². The van der Waals surface area contributed by atoms with E-state index in [0.29, 0.717) is 12.8 Å². The third-order valence-corrected chi connectivity index (χ3v) is 3.56. The molecule has 0 bridgehead atoms. The van der Waals surface area contributed by atoms with Crippen LogP contribution >= 0.6 is 0 Å². The SMILES string of the molecule is CCCN(CCN(C)C)C(=O)CCC(N)c1ccccc1. The Hall–Kier alpha value is -1.39. The van der Waals surface area contributed by atoms with Crippen molar-refractivity contribution in [3.05, 3.63) is 35.9 Å². The molecule has 4 nitrogen and oxygen atoms in total. The number of benzene rings is 1. The van der Waals surface area contributed by atoms with Gasteiger partial charge in [0.1, 0.15) is 0 Å². The Morgan fingerprint density at radius 2 is 1.81 bits per heavy atom. The maximum absolute atomic E-state index is 12.3. The van der Waals surface area contributed by atoms with Crippen LogP contribution in [-0.4, -0.2) is 49.4 Å². The lowest BCUT2D eigenvalue weighted by Gasteiger charge is -2.24. The molecule has 21 heavy (non-hydrogen) atoms. The van der Waals surface area contributed by atoms with Crippen LogP contribution in [0.4, 0.5) is 0 Å². The largest absolute Gasteiger partial charge is 0.341 e. The Morgan fingerprint density at radius 3 is 2.38 bits per heavy atom. The van der Waals surface area contributed by atoms with Crippen LogP contribution in [-0.2, 0) is 4.79 Å². The van der Waals surface area contributed by atoms with Crippen LogP contribution in [0.25, 0.3) is 0 Å². The molecule has 1 amide bonds. The second-order valence-electron chi connectivity index (χ2n) is 5.74. The highest BCUT2D eigenvalue weighted by Gasteiger charge is 2.15. The number of carbonyl (C=O) groups excluding carboxylic acids is 1. The number of nitrogens with two attached hydrogens (primary N) is 1. The smallest absolute Gasteiger partial charge is 0.222 e. The third-order valence-electron chi connectivity index (χ3n) is 3.56. The maximum atomic E-state index is 12.3. The van der Waals surface area contributed by atoms with Crippen LogP contribution in [0.2, 0.25) is 0 Å². The lowest BCUT2D eigenvalue weighted by Crippen LogP contribution is -2.37. The average Bonchev–Trinajstić information content (AvgIpc) is 2.49. The van der Waals surface area contributed by atoms with Crippen molar-refractivity contribution in [1.29, 1.82) is 0 Å². The fraction of sp³-hybridized carbons (Fsp3) is 0.588. The van der Waals surface area contributed by atoms with E-state index in [4.69, 9.17) is 5.73 Å². The Bertz CT molecular complexity index is 406. The Morgan fingerprint density at radius 1 is 1.14 bits per heavy atom. The monoisotopic (exact) mass is 291 g/mol. The third kappa shape index (κ3) is 6.74. The normalized spacial score (nSPS) is 12.4. The molecule has 0 radical (unpaired) electrons. The lowest BCUT2D eigenvalue weighted by atomic mass is 10.0. The van der Waals surface area contributed by atoms with Gasteiger partial charge in [0.15, 0.2) is 0 Å². The van der Waals surface area contributed by atoms with E-state index in [1.807, 2.05) is 49.3 Å². The van der Waals surface area contributed by atoms with Gasteiger partial charge in [-0.2, -0.15) is 0 Å². The molecule has 0 aromatic heterocycles. The summed E-state index contributed by atoms with van der Waals surface area (Å²) in [6.45, 7) is 4.62. The zero-order chi connectivity index (χ0) is 15.7. The van der Waals surface area contributed by atoms with Crippen LogP contribution in [0.5, 0.6) is 0 Å². The summed E-state index contributed by atoms with van der Waals surface area (Å²) in [6.07, 6.45) is 2.21. The van der Waals surface area contributed by atoms with Gasteiger partial charge in [0.05, 0.1) is 0 Å². The molecule has 0 aliphatic carbocycles. The number of carbonyl (C=O) groups is 1. The fourth-order valence-electron chi connectivity index (χ4n) is 2.26. The lowest BCUT2D eigenvalue weighted by molar-refractivity contribution is -0.131. The van der Waals surface area contributed by atoms with Gasteiger partial charge in [-0.05, 0) is 32.5 Å². The summed E-state index contributed by atoms with van der Waals surface area (Å²) in [7, 11) is 4.06. The van der Waals surface area contributed by atoms with Gasteiger partial charge in [0.25, 0.3) is 0 Å². The van der Waals surface area contributed by atoms with E-state index in [0.717, 1.165) is 31.6 Å². The maximum Gasteiger partial charge on any atom is 0.222 e. The summed E-state index contributed by atoms with van der Waals surface area (Å²) in [5.41, 5.74) is 7.26. The highest BCUT2D eigenvalue weighted by molar-refractivity contribution is 5.76. The number of rotatable bonds is 9. The molecule has 118 valence electrons. The summed E-state index contributed by atoms with van der Waals surface area (Å²) >= 11 is 0. The van der Waals surface area contributed by atoms with Crippen molar-refractivity contribution in [2.75, 3.05) is 33.7 Å². The van der Waals surface area contributed by atoms with Crippen molar-refractivity contribution in [3.8, 4) is 0 Å². The second-order valence-corrected chi connectivity index (χ2v) is 5.74. The van der Waals surface area contributed by atoms with Gasteiger partial charge >= 0.3 is 0 Å². The molecular formula is C17H29N3O. The predicted molar refractivity (Wildman–Crippen MR) is 88.0 cm³/mol. The van der Waals surface area contributed by atoms with Crippen molar-refractivity contribution >= 4 is 5.91 Å². The van der Waals surface area contributed by atoms with Gasteiger partial charge in [-0.25, -0.2) is 0 Å². The second kappa shape index (κ2) is 9.53. The first-order valence-electron chi connectivity index (χ1n) is 7.77. The molecular weight excluding hydrogens is 262 g/mol. The van der Waals surface area contributed by atoms with Crippen molar-refractivity contribution in [1.82, 2.24) is 9.80 Å². The molecule has 1 rings (SSSR count). The summed E-state index contributed by atoms with van der Waals surface area (Å²) < 4.78 is 0. The minimum Gasteiger partial charge on any atom is -0.341 e. The van der Waals surface area contributed by atoms with Crippen molar-refractivity contribution < 1.29 is 4.79 Å². The average molecular weight is 291 g/mol. The number of likely N-dealkylation sites (N-methyl/N-ethyl adjacent to an activating group) is 1. The fourth-order valence-corrected chi connectivity index (χ4v) is 2.26. The molecule has 0 aliphatic heterocycles. The first-order chi connectivity index (χ1) is 10.0. The number of amides is 1. The van der Waals surface area contributed by atoms with Gasteiger partial charge in [-0.1, -0.05) is 37.3 Å². The first-order valence-corrected chi connectivity index (χ1v) is 7.77. The van der Waals surface area contributed by atoms with E-state index in [1.54, 1.807) is 0 Å². The molecule has 0 aliphatic rings. The molecule has 1 aromatic rings. The minimum absolute atomic E-state index is 0.0625. The Labute approximate surface area is 128 Å². The van der Waals surface area contributed by atoms with E-state index in [9.17, 15) is 4.79 Å². The zero-order valence-corrected chi connectivity index (χ0v) is 13.6. The van der Waals surface area contributed by atoms with Gasteiger partial charge < -0.3 is 15.5 Å². The van der Waals surface area contributed by atoms with E-state index < -0.39 is 0 Å². The summed E-state index contributed by atoms with van der Waals surface area (Å²) in [5, 5.41) is 0. The van der Waals surface area contributed by atoms with Crippen molar-refractivity contribution in [3.63, 3.8) is 0 Å². The molecule has 2 N–H and O–H groups in total. The zero-order valence-electron chi connectivity index (χ0n) is 13.6. The van der Waals surface area contributed by atoms with E-state index >= 15 is 0 Å². The first kappa shape index (κ1) is 17.7.